The van der Waals surface area contributed by atoms with Crippen molar-refractivity contribution in [3.8, 4) is 0 Å². The van der Waals surface area contributed by atoms with Crippen LogP contribution in [0.15, 0.2) is 18.2 Å². The number of hydrogen-bond donors (Lipinski definition) is 2. The van der Waals surface area contributed by atoms with E-state index in [9.17, 15) is 9.59 Å². The Bertz CT molecular complexity index is 793. The van der Waals surface area contributed by atoms with Gasteiger partial charge in [-0.25, -0.2) is 0 Å². The molecule has 32 heavy (non-hydrogen) atoms. The highest BCUT2D eigenvalue weighted by Crippen LogP contribution is 2.31. The van der Waals surface area contributed by atoms with Gasteiger partial charge in [0.1, 0.15) is 0 Å². The number of nitrogens with one attached hydrogen (secondary N) is 2. The number of fused-ring (bicyclic) bond motifs is 1. The van der Waals surface area contributed by atoms with Gasteiger partial charge in [0, 0.05) is 65.1 Å². The fraction of sp³-hybridized carbons (Fsp3) is 0.652. The maximum atomic E-state index is 12.5. The van der Waals surface area contributed by atoms with Gasteiger partial charge in [-0.2, -0.15) is 0 Å². The second-order valence-corrected chi connectivity index (χ2v) is 8.64. The Morgan fingerprint density at radius 3 is 2.41 bits per heavy atom. The van der Waals surface area contributed by atoms with E-state index in [4.69, 9.17) is 9.47 Å². The molecule has 9 nitrogen and oxygen atoms in total. The third-order valence-corrected chi connectivity index (χ3v) is 6.58. The van der Waals surface area contributed by atoms with Crippen LogP contribution < -0.4 is 15.5 Å². The number of anilines is 1. The first-order chi connectivity index (χ1) is 15.6. The molecule has 9 heteroatoms. The fourth-order valence-corrected chi connectivity index (χ4v) is 4.64. The lowest BCUT2D eigenvalue weighted by molar-refractivity contribution is -0.139. The topological polar surface area (TPSA) is 86.4 Å². The fourth-order valence-electron chi connectivity index (χ4n) is 4.64. The lowest BCUT2D eigenvalue weighted by Gasteiger charge is -2.35. The van der Waals surface area contributed by atoms with Crippen LogP contribution >= 0.6 is 0 Å². The van der Waals surface area contributed by atoms with Crippen molar-refractivity contribution in [1.82, 2.24) is 20.4 Å². The number of rotatable bonds is 7. The molecule has 1 aromatic rings. The van der Waals surface area contributed by atoms with Crippen molar-refractivity contribution in [1.29, 1.82) is 0 Å². The first kappa shape index (κ1) is 23.0. The van der Waals surface area contributed by atoms with Gasteiger partial charge < -0.3 is 25.0 Å². The van der Waals surface area contributed by atoms with Gasteiger partial charge in [0.05, 0.1) is 32.5 Å². The van der Waals surface area contributed by atoms with Crippen LogP contribution in [-0.2, 0) is 25.5 Å². The number of morpholine rings is 2. The average molecular weight is 446 g/mol. The molecule has 2 fully saturated rings. The van der Waals surface area contributed by atoms with Crippen LogP contribution in [0.4, 0.5) is 5.69 Å². The van der Waals surface area contributed by atoms with Gasteiger partial charge in [-0.05, 0) is 23.6 Å². The van der Waals surface area contributed by atoms with Crippen molar-refractivity contribution in [2.45, 2.75) is 12.5 Å². The minimum Gasteiger partial charge on any atom is -0.379 e. The third-order valence-electron chi connectivity index (χ3n) is 6.58. The Kier molecular flexibility index (Phi) is 7.96. The highest BCUT2D eigenvalue weighted by Gasteiger charge is 2.26. The maximum Gasteiger partial charge on any atom is 0.309 e. The number of carbonyl (C=O) groups excluding carboxylic acids is 2. The van der Waals surface area contributed by atoms with Crippen molar-refractivity contribution >= 4 is 17.5 Å². The lowest BCUT2D eigenvalue weighted by Crippen LogP contribution is -2.48. The first-order valence-electron chi connectivity index (χ1n) is 11.6. The molecule has 176 valence electrons. The smallest absolute Gasteiger partial charge is 0.309 e. The van der Waals surface area contributed by atoms with Gasteiger partial charge in [-0.3, -0.25) is 19.4 Å². The van der Waals surface area contributed by atoms with Gasteiger partial charge in [0.15, 0.2) is 0 Å². The van der Waals surface area contributed by atoms with E-state index in [1.165, 1.54) is 16.8 Å². The molecular weight excluding hydrogens is 410 g/mol. The molecule has 1 unspecified atom stereocenters. The van der Waals surface area contributed by atoms with E-state index in [2.05, 4.69) is 50.6 Å². The molecule has 2 amide bonds. The minimum atomic E-state index is -0.578. The predicted molar refractivity (Wildman–Crippen MR) is 122 cm³/mol. The van der Waals surface area contributed by atoms with E-state index < -0.39 is 11.8 Å². The number of carbonyl (C=O) groups is 2. The molecule has 2 N–H and O–H groups in total. The first-order valence-corrected chi connectivity index (χ1v) is 11.6. The van der Waals surface area contributed by atoms with Crippen LogP contribution in [0.5, 0.6) is 0 Å². The molecule has 0 radical (unpaired) electrons. The Labute approximate surface area is 190 Å². The summed E-state index contributed by atoms with van der Waals surface area (Å²) in [5, 5.41) is 5.60. The van der Waals surface area contributed by atoms with Crippen molar-refractivity contribution in [3.05, 3.63) is 29.3 Å². The Morgan fingerprint density at radius 2 is 1.66 bits per heavy atom. The summed E-state index contributed by atoms with van der Waals surface area (Å²) in [5.41, 5.74) is 3.79. The number of likely N-dealkylation sites (N-methyl/N-ethyl adjacent to an activating group) is 1. The van der Waals surface area contributed by atoms with E-state index >= 15 is 0 Å². The summed E-state index contributed by atoms with van der Waals surface area (Å²) in [4.78, 5) is 31.6. The summed E-state index contributed by atoms with van der Waals surface area (Å²) in [6, 6.07) is 6.59. The number of amides is 2. The summed E-state index contributed by atoms with van der Waals surface area (Å²) in [6.45, 7) is 8.74. The van der Waals surface area contributed by atoms with Gasteiger partial charge in [-0.15, -0.1) is 0 Å². The molecule has 0 spiro atoms. The number of hydrogen-bond acceptors (Lipinski definition) is 7. The lowest BCUT2D eigenvalue weighted by atomic mass is 10.0. The molecule has 3 aliphatic heterocycles. The van der Waals surface area contributed by atoms with Crippen molar-refractivity contribution in [2.24, 2.45) is 0 Å². The quantitative estimate of drug-likeness (QED) is 0.553. The molecular formula is C23H35N5O4. The van der Waals surface area contributed by atoms with Gasteiger partial charge >= 0.3 is 11.8 Å². The van der Waals surface area contributed by atoms with Crippen LogP contribution in [0.3, 0.4) is 0 Å². The number of ether oxygens (including phenoxy) is 2. The molecule has 1 aromatic carbocycles. The molecule has 0 bridgehead atoms. The standard InChI is InChI=1S/C23H35N5O4/c1-26-6-4-19-16-18(2-3-20(19)26)21(28-10-14-32-15-11-28)17-25-23(30)22(29)24-5-7-27-8-12-31-13-9-27/h2-3,16,21H,4-15,17H2,1H3,(H,24,29)(H,25,30). The zero-order valence-electron chi connectivity index (χ0n) is 19.0. The molecule has 3 heterocycles. The number of nitrogens with zero attached hydrogens (tertiary/aromatic N) is 3. The van der Waals surface area contributed by atoms with Gasteiger partial charge in [0.25, 0.3) is 0 Å². The Morgan fingerprint density at radius 1 is 0.969 bits per heavy atom. The Hall–Kier alpha value is -2.20. The second kappa shape index (κ2) is 11.1. The summed E-state index contributed by atoms with van der Waals surface area (Å²) < 4.78 is 10.8. The van der Waals surface area contributed by atoms with Gasteiger partial charge in [-0.1, -0.05) is 12.1 Å². The van der Waals surface area contributed by atoms with Crippen LogP contribution in [0.2, 0.25) is 0 Å². The van der Waals surface area contributed by atoms with E-state index in [-0.39, 0.29) is 6.04 Å². The van der Waals surface area contributed by atoms with Crippen molar-refractivity contribution in [2.75, 3.05) is 90.7 Å². The Balaban J connectivity index is 1.32. The van der Waals surface area contributed by atoms with E-state index in [0.29, 0.717) is 26.3 Å². The predicted octanol–water partition coefficient (Wildman–Crippen LogP) is -0.383. The maximum absolute atomic E-state index is 12.5. The highest BCUT2D eigenvalue weighted by atomic mass is 16.5. The molecule has 4 rings (SSSR count). The molecule has 0 saturated carbocycles. The van der Waals surface area contributed by atoms with Crippen LogP contribution in [0.25, 0.3) is 0 Å². The molecule has 1 atom stereocenters. The summed E-state index contributed by atoms with van der Waals surface area (Å²) in [5.74, 6) is -1.15. The van der Waals surface area contributed by atoms with E-state index in [1.54, 1.807) is 0 Å². The summed E-state index contributed by atoms with van der Waals surface area (Å²) in [6.07, 6.45) is 1.04. The van der Waals surface area contributed by atoms with Crippen LogP contribution in [0.1, 0.15) is 17.2 Å². The highest BCUT2D eigenvalue weighted by molar-refractivity contribution is 6.35. The third kappa shape index (κ3) is 5.78. The number of benzene rings is 1. The van der Waals surface area contributed by atoms with E-state index in [1.807, 2.05) is 0 Å². The van der Waals surface area contributed by atoms with Crippen molar-refractivity contribution in [3.63, 3.8) is 0 Å². The summed E-state index contributed by atoms with van der Waals surface area (Å²) >= 11 is 0. The second-order valence-electron chi connectivity index (χ2n) is 8.64. The van der Waals surface area contributed by atoms with Crippen LogP contribution in [0, 0.1) is 0 Å². The molecule has 3 aliphatic rings. The largest absolute Gasteiger partial charge is 0.379 e. The zero-order chi connectivity index (χ0) is 22.3. The van der Waals surface area contributed by atoms with E-state index in [0.717, 1.165) is 58.9 Å². The molecule has 0 aromatic heterocycles. The molecule has 2 saturated heterocycles. The molecule has 0 aliphatic carbocycles. The average Bonchev–Trinajstić information content (AvgIpc) is 3.20. The summed E-state index contributed by atoms with van der Waals surface area (Å²) in [7, 11) is 2.11. The normalized spacial score (nSPS) is 20.6. The van der Waals surface area contributed by atoms with Crippen molar-refractivity contribution < 1.29 is 19.1 Å². The van der Waals surface area contributed by atoms with Gasteiger partial charge in [0.2, 0.25) is 0 Å². The van der Waals surface area contributed by atoms with Crippen LogP contribution in [-0.4, -0.2) is 107 Å². The monoisotopic (exact) mass is 445 g/mol. The SMILES string of the molecule is CN1CCc2cc(C(CNC(=O)C(=O)NCCN3CCOCC3)N3CCOCC3)ccc21. The zero-order valence-corrected chi connectivity index (χ0v) is 19.0. The minimum absolute atomic E-state index is 0.0141.